The number of thiophene rings is 1. The molecule has 1 N–H and O–H groups in total. The van der Waals surface area contributed by atoms with Gasteiger partial charge in [-0.15, -0.1) is 11.3 Å². The third-order valence-corrected chi connectivity index (χ3v) is 5.79. The molecule has 0 saturated carbocycles. The van der Waals surface area contributed by atoms with Gasteiger partial charge in [0, 0.05) is 17.0 Å². The van der Waals surface area contributed by atoms with Crippen LogP contribution in [0.2, 0.25) is 0 Å². The Morgan fingerprint density at radius 3 is 2.84 bits per heavy atom. The Kier molecular flexibility index (Phi) is 4.21. The molecular formula is C19H21N3O2S. The van der Waals surface area contributed by atoms with Crippen molar-refractivity contribution in [1.82, 2.24) is 9.97 Å². The first-order valence-electron chi connectivity index (χ1n) is 8.44. The fourth-order valence-electron chi connectivity index (χ4n) is 3.50. The number of methoxy groups -OCH3 is 2. The molecule has 130 valence electrons. The van der Waals surface area contributed by atoms with Crippen molar-refractivity contribution in [3.63, 3.8) is 0 Å². The highest BCUT2D eigenvalue weighted by Crippen LogP contribution is 2.40. The highest BCUT2D eigenvalue weighted by Gasteiger charge is 2.22. The third-order valence-electron chi connectivity index (χ3n) is 4.61. The molecule has 25 heavy (non-hydrogen) atoms. The van der Waals surface area contributed by atoms with E-state index in [1.165, 1.54) is 28.7 Å². The van der Waals surface area contributed by atoms with Gasteiger partial charge in [0.25, 0.3) is 0 Å². The first-order chi connectivity index (χ1) is 12.2. The Balaban J connectivity index is 1.70. The molecule has 0 radical (unpaired) electrons. The highest BCUT2D eigenvalue weighted by atomic mass is 32.1. The van der Waals surface area contributed by atoms with E-state index in [-0.39, 0.29) is 0 Å². The van der Waals surface area contributed by atoms with Crippen LogP contribution in [0.15, 0.2) is 18.2 Å². The van der Waals surface area contributed by atoms with Gasteiger partial charge in [-0.25, -0.2) is 9.97 Å². The van der Waals surface area contributed by atoms with E-state index in [1.807, 2.05) is 36.5 Å². The average molecular weight is 355 g/mol. The number of hydrogen-bond acceptors (Lipinski definition) is 6. The quantitative estimate of drug-likeness (QED) is 0.746. The maximum absolute atomic E-state index is 5.53. The summed E-state index contributed by atoms with van der Waals surface area (Å²) in [6, 6.07) is 5.92. The van der Waals surface area contributed by atoms with E-state index in [0.29, 0.717) is 6.54 Å². The predicted octanol–water partition coefficient (Wildman–Crippen LogP) is 4.12. The number of benzene rings is 1. The van der Waals surface area contributed by atoms with Crippen LogP contribution in [0.25, 0.3) is 10.2 Å². The average Bonchev–Trinajstić information content (AvgIpc) is 3.19. The summed E-state index contributed by atoms with van der Waals surface area (Å²) in [5.41, 5.74) is 2.47. The summed E-state index contributed by atoms with van der Waals surface area (Å²) in [7, 11) is 3.32. The lowest BCUT2D eigenvalue weighted by Crippen LogP contribution is -2.06. The molecule has 2 aromatic heterocycles. The van der Waals surface area contributed by atoms with E-state index in [1.54, 1.807) is 14.2 Å². The van der Waals surface area contributed by atoms with Crippen molar-refractivity contribution in [2.45, 2.75) is 32.7 Å². The van der Waals surface area contributed by atoms with Crippen molar-refractivity contribution in [2.75, 3.05) is 19.5 Å². The first kappa shape index (κ1) is 16.1. The molecule has 1 aliphatic rings. The minimum atomic E-state index is 0.622. The lowest BCUT2D eigenvalue weighted by Gasteiger charge is -2.14. The monoisotopic (exact) mass is 355 g/mol. The minimum absolute atomic E-state index is 0.622. The van der Waals surface area contributed by atoms with Crippen LogP contribution >= 0.6 is 11.3 Å². The van der Waals surface area contributed by atoms with Crippen molar-refractivity contribution in [3.8, 4) is 11.5 Å². The number of nitrogens with one attached hydrogen (secondary N) is 1. The van der Waals surface area contributed by atoms with Crippen LogP contribution < -0.4 is 14.8 Å². The fraction of sp³-hybridized carbons (Fsp3) is 0.368. The number of ether oxygens (including phenoxy) is 2. The zero-order valence-corrected chi connectivity index (χ0v) is 15.5. The second-order valence-corrected chi connectivity index (χ2v) is 7.25. The Bertz CT molecular complexity index is 936. The van der Waals surface area contributed by atoms with Crippen LogP contribution in [-0.4, -0.2) is 24.2 Å². The summed E-state index contributed by atoms with van der Waals surface area (Å²) in [6.07, 6.45) is 3.52. The molecule has 0 saturated heterocycles. The predicted molar refractivity (Wildman–Crippen MR) is 101 cm³/mol. The maximum atomic E-state index is 5.53. The summed E-state index contributed by atoms with van der Waals surface area (Å²) in [6.45, 7) is 2.57. The number of para-hydroxylation sites is 1. The van der Waals surface area contributed by atoms with Gasteiger partial charge in [-0.05, 0) is 37.8 Å². The Morgan fingerprint density at radius 2 is 2.04 bits per heavy atom. The molecule has 2 heterocycles. The van der Waals surface area contributed by atoms with E-state index in [4.69, 9.17) is 9.47 Å². The number of rotatable bonds is 5. The number of aromatic nitrogens is 2. The van der Waals surface area contributed by atoms with Crippen LogP contribution in [0.5, 0.6) is 11.5 Å². The fourth-order valence-corrected chi connectivity index (χ4v) is 4.81. The second kappa shape index (κ2) is 6.52. The van der Waals surface area contributed by atoms with E-state index in [9.17, 15) is 0 Å². The molecule has 4 rings (SSSR count). The van der Waals surface area contributed by atoms with Crippen LogP contribution in [-0.2, 0) is 19.4 Å². The molecule has 0 atom stereocenters. The van der Waals surface area contributed by atoms with E-state index < -0.39 is 0 Å². The third kappa shape index (κ3) is 2.80. The molecule has 6 heteroatoms. The SMILES string of the molecule is COc1cccc(CNc2nc(C)nc3sc4c(c23)CCC4)c1OC. The van der Waals surface area contributed by atoms with Crippen molar-refractivity contribution >= 4 is 27.4 Å². The van der Waals surface area contributed by atoms with Gasteiger partial charge in [0.15, 0.2) is 11.5 Å². The van der Waals surface area contributed by atoms with Crippen molar-refractivity contribution in [3.05, 3.63) is 40.0 Å². The van der Waals surface area contributed by atoms with Crippen LogP contribution in [0.1, 0.15) is 28.2 Å². The topological polar surface area (TPSA) is 56.3 Å². The summed E-state index contributed by atoms with van der Waals surface area (Å²) in [4.78, 5) is 11.9. The van der Waals surface area contributed by atoms with Crippen molar-refractivity contribution < 1.29 is 9.47 Å². The van der Waals surface area contributed by atoms with Gasteiger partial charge in [-0.1, -0.05) is 12.1 Å². The number of aryl methyl sites for hydroxylation is 3. The Labute approximate surface area is 151 Å². The zero-order chi connectivity index (χ0) is 17.4. The largest absolute Gasteiger partial charge is 0.493 e. The highest BCUT2D eigenvalue weighted by molar-refractivity contribution is 7.19. The summed E-state index contributed by atoms with van der Waals surface area (Å²) in [5, 5.41) is 4.71. The first-order valence-corrected chi connectivity index (χ1v) is 9.25. The molecular weight excluding hydrogens is 334 g/mol. The van der Waals surface area contributed by atoms with Crippen LogP contribution in [0.3, 0.4) is 0 Å². The number of fused-ring (bicyclic) bond motifs is 3. The Morgan fingerprint density at radius 1 is 1.16 bits per heavy atom. The molecule has 0 fully saturated rings. The number of hydrogen-bond donors (Lipinski definition) is 1. The van der Waals surface area contributed by atoms with Crippen LogP contribution in [0, 0.1) is 6.92 Å². The molecule has 0 unspecified atom stereocenters. The van der Waals surface area contributed by atoms with Crippen LogP contribution in [0.4, 0.5) is 5.82 Å². The van der Waals surface area contributed by atoms with E-state index >= 15 is 0 Å². The molecule has 0 aliphatic heterocycles. The normalized spacial score (nSPS) is 13.1. The van der Waals surface area contributed by atoms with E-state index in [0.717, 1.165) is 40.0 Å². The standard InChI is InChI=1S/C19H21N3O2S/c1-11-21-18(16-13-7-5-9-15(13)25-19(16)22-11)20-10-12-6-4-8-14(23-2)17(12)24-3/h4,6,8H,5,7,9-10H2,1-3H3,(H,20,21,22). The van der Waals surface area contributed by atoms with Gasteiger partial charge < -0.3 is 14.8 Å². The van der Waals surface area contributed by atoms with Crippen molar-refractivity contribution in [1.29, 1.82) is 0 Å². The molecule has 1 aromatic carbocycles. The van der Waals surface area contributed by atoms with Gasteiger partial charge in [0.2, 0.25) is 0 Å². The van der Waals surface area contributed by atoms with Crippen molar-refractivity contribution in [2.24, 2.45) is 0 Å². The molecule has 0 spiro atoms. The summed E-state index contributed by atoms with van der Waals surface area (Å²) < 4.78 is 10.9. The summed E-state index contributed by atoms with van der Waals surface area (Å²) >= 11 is 1.81. The van der Waals surface area contributed by atoms with Gasteiger partial charge in [-0.3, -0.25) is 0 Å². The summed E-state index contributed by atoms with van der Waals surface area (Å²) in [5.74, 6) is 3.22. The van der Waals surface area contributed by atoms with Gasteiger partial charge >= 0.3 is 0 Å². The minimum Gasteiger partial charge on any atom is -0.493 e. The van der Waals surface area contributed by atoms with Gasteiger partial charge in [0.05, 0.1) is 19.6 Å². The number of anilines is 1. The second-order valence-electron chi connectivity index (χ2n) is 6.16. The van der Waals surface area contributed by atoms with Gasteiger partial charge in [0.1, 0.15) is 16.5 Å². The lowest BCUT2D eigenvalue weighted by atomic mass is 10.1. The van der Waals surface area contributed by atoms with Gasteiger partial charge in [-0.2, -0.15) is 0 Å². The maximum Gasteiger partial charge on any atom is 0.165 e. The smallest absolute Gasteiger partial charge is 0.165 e. The Hall–Kier alpha value is -2.34. The number of nitrogens with zero attached hydrogens (tertiary/aromatic N) is 2. The molecule has 0 amide bonds. The lowest BCUT2D eigenvalue weighted by molar-refractivity contribution is 0.352. The molecule has 5 nitrogen and oxygen atoms in total. The molecule has 1 aliphatic carbocycles. The molecule has 0 bridgehead atoms. The molecule has 3 aromatic rings. The van der Waals surface area contributed by atoms with E-state index in [2.05, 4.69) is 15.3 Å². The zero-order valence-electron chi connectivity index (χ0n) is 14.7.